The van der Waals surface area contributed by atoms with Crippen LogP contribution in [0.25, 0.3) is 6.08 Å². The molecule has 1 aromatic carbocycles. The third-order valence-electron chi connectivity index (χ3n) is 5.50. The first-order chi connectivity index (χ1) is 13.2. The van der Waals surface area contributed by atoms with Crippen LogP contribution in [0.15, 0.2) is 30.3 Å². The van der Waals surface area contributed by atoms with E-state index in [1.165, 1.54) is 12.5 Å². The summed E-state index contributed by atoms with van der Waals surface area (Å²) in [4.78, 5) is 24.8. The highest BCUT2D eigenvalue weighted by atomic mass is 16.5. The summed E-state index contributed by atoms with van der Waals surface area (Å²) in [6.07, 6.45) is 7.67. The molecular weight excluding hydrogens is 352 g/mol. The van der Waals surface area contributed by atoms with Gasteiger partial charge >= 0.3 is 0 Å². The van der Waals surface area contributed by atoms with Crippen LogP contribution in [-0.2, 0) is 9.59 Å². The Morgan fingerprint density at radius 1 is 1.14 bits per heavy atom. The highest BCUT2D eigenvalue weighted by Crippen LogP contribution is 2.38. The van der Waals surface area contributed by atoms with Crippen molar-refractivity contribution in [3.63, 3.8) is 0 Å². The molecule has 1 aliphatic rings. The van der Waals surface area contributed by atoms with E-state index in [0.29, 0.717) is 5.92 Å². The molecule has 28 heavy (non-hydrogen) atoms. The maximum atomic E-state index is 12.6. The van der Waals surface area contributed by atoms with Crippen LogP contribution in [0.5, 0.6) is 5.75 Å². The van der Waals surface area contributed by atoms with Gasteiger partial charge in [0.25, 0.3) is 0 Å². The quantitative estimate of drug-likeness (QED) is 0.728. The molecule has 0 bridgehead atoms. The molecule has 1 saturated carbocycles. The lowest BCUT2D eigenvalue weighted by atomic mass is 9.69. The number of carbonyl (C=O) groups excluding carboxylic acids is 2. The number of nitrogens with one attached hydrogen (secondary N) is 2. The van der Waals surface area contributed by atoms with Crippen molar-refractivity contribution >= 4 is 17.9 Å². The lowest BCUT2D eigenvalue weighted by molar-refractivity contribution is -0.128. The predicted octanol–water partition coefficient (Wildman–Crippen LogP) is 3.93. The second-order valence-corrected chi connectivity index (χ2v) is 8.71. The largest absolute Gasteiger partial charge is 0.497 e. The lowest BCUT2D eigenvalue weighted by Gasteiger charge is -2.41. The Bertz CT molecular complexity index is 689. The second kappa shape index (κ2) is 9.76. The Morgan fingerprint density at radius 3 is 2.39 bits per heavy atom. The standard InChI is InChI=1S/C23H34N2O3/c1-16(22(27)25-20-9-7-6-8-19(20)23(2,3)4)24-21(26)15-12-17-10-13-18(28-5)14-11-17/h10-16,19-20H,6-9H2,1-5H3,(H,24,26)(H,25,27)/b15-12+. The van der Waals surface area contributed by atoms with Crippen LogP contribution in [0.3, 0.4) is 0 Å². The fraction of sp³-hybridized carbons (Fsp3) is 0.565. The first-order valence-corrected chi connectivity index (χ1v) is 10.1. The molecule has 0 saturated heterocycles. The Hall–Kier alpha value is -2.30. The molecule has 0 spiro atoms. The van der Waals surface area contributed by atoms with E-state index < -0.39 is 6.04 Å². The highest BCUT2D eigenvalue weighted by Gasteiger charge is 2.35. The number of carbonyl (C=O) groups is 2. The summed E-state index contributed by atoms with van der Waals surface area (Å²) in [7, 11) is 1.61. The Balaban J connectivity index is 1.88. The van der Waals surface area contributed by atoms with Crippen molar-refractivity contribution in [3.05, 3.63) is 35.9 Å². The minimum atomic E-state index is -0.574. The molecule has 1 fully saturated rings. The van der Waals surface area contributed by atoms with E-state index in [9.17, 15) is 9.59 Å². The van der Waals surface area contributed by atoms with E-state index in [1.54, 1.807) is 20.1 Å². The molecule has 3 unspecified atom stereocenters. The van der Waals surface area contributed by atoms with Gasteiger partial charge < -0.3 is 15.4 Å². The smallest absolute Gasteiger partial charge is 0.244 e. The molecular formula is C23H34N2O3. The van der Waals surface area contributed by atoms with E-state index >= 15 is 0 Å². The average Bonchev–Trinajstić information content (AvgIpc) is 2.66. The van der Waals surface area contributed by atoms with E-state index in [4.69, 9.17) is 4.74 Å². The number of ether oxygens (including phenoxy) is 1. The van der Waals surface area contributed by atoms with Crippen LogP contribution >= 0.6 is 0 Å². The van der Waals surface area contributed by atoms with Crippen LogP contribution in [0.4, 0.5) is 0 Å². The number of methoxy groups -OCH3 is 1. The summed E-state index contributed by atoms with van der Waals surface area (Å²) >= 11 is 0. The number of rotatable bonds is 6. The van der Waals surface area contributed by atoms with Crippen LogP contribution in [0.1, 0.15) is 58.9 Å². The van der Waals surface area contributed by atoms with Gasteiger partial charge in [0.1, 0.15) is 11.8 Å². The molecule has 5 heteroatoms. The van der Waals surface area contributed by atoms with Crippen LogP contribution < -0.4 is 15.4 Å². The van der Waals surface area contributed by atoms with Crippen LogP contribution in [-0.4, -0.2) is 31.0 Å². The first kappa shape index (κ1) is 22.0. The van der Waals surface area contributed by atoms with Crippen molar-refractivity contribution in [1.82, 2.24) is 10.6 Å². The van der Waals surface area contributed by atoms with Gasteiger partial charge in [0.05, 0.1) is 7.11 Å². The molecule has 0 radical (unpaired) electrons. The molecule has 1 aliphatic carbocycles. The zero-order valence-corrected chi connectivity index (χ0v) is 17.7. The summed E-state index contributed by atoms with van der Waals surface area (Å²) < 4.78 is 5.12. The molecule has 2 amide bonds. The van der Waals surface area contributed by atoms with Crippen molar-refractivity contribution in [1.29, 1.82) is 0 Å². The fourth-order valence-corrected chi connectivity index (χ4v) is 3.86. The molecule has 3 atom stereocenters. The monoisotopic (exact) mass is 386 g/mol. The molecule has 1 aromatic rings. The lowest BCUT2D eigenvalue weighted by Crippen LogP contribution is -2.52. The SMILES string of the molecule is COc1ccc(/C=C/C(=O)NC(C)C(=O)NC2CCCCC2C(C)(C)C)cc1. The van der Waals surface area contributed by atoms with Crippen LogP contribution in [0, 0.1) is 11.3 Å². The highest BCUT2D eigenvalue weighted by molar-refractivity contribution is 5.95. The minimum absolute atomic E-state index is 0.118. The van der Waals surface area contributed by atoms with Gasteiger partial charge in [-0.3, -0.25) is 9.59 Å². The summed E-state index contributed by atoms with van der Waals surface area (Å²) in [5.74, 6) is 0.827. The third kappa shape index (κ3) is 6.39. The summed E-state index contributed by atoms with van der Waals surface area (Å²) in [5.41, 5.74) is 1.05. The molecule has 5 nitrogen and oxygen atoms in total. The average molecular weight is 387 g/mol. The molecule has 0 aromatic heterocycles. The summed E-state index contributed by atoms with van der Waals surface area (Å²) in [6, 6.07) is 7.02. The maximum Gasteiger partial charge on any atom is 0.244 e. The third-order valence-corrected chi connectivity index (χ3v) is 5.50. The van der Waals surface area contributed by atoms with Gasteiger partial charge in [-0.2, -0.15) is 0 Å². The van der Waals surface area contributed by atoms with Crippen LogP contribution in [0.2, 0.25) is 0 Å². The molecule has 2 N–H and O–H groups in total. The van der Waals surface area contributed by atoms with Gasteiger partial charge in [-0.15, -0.1) is 0 Å². The number of hydrogen-bond acceptors (Lipinski definition) is 3. The van der Waals surface area contributed by atoms with Gasteiger partial charge in [0.2, 0.25) is 11.8 Å². The van der Waals surface area contributed by atoms with Gasteiger partial charge in [0.15, 0.2) is 0 Å². The normalized spacial score (nSPS) is 21.2. The van der Waals surface area contributed by atoms with Crippen molar-refractivity contribution in [2.45, 2.75) is 65.5 Å². The maximum absolute atomic E-state index is 12.6. The minimum Gasteiger partial charge on any atom is -0.497 e. The molecule has 2 rings (SSSR count). The van der Waals surface area contributed by atoms with Crippen molar-refractivity contribution < 1.29 is 14.3 Å². The van der Waals surface area contributed by atoms with Gasteiger partial charge in [-0.1, -0.05) is 45.7 Å². The zero-order chi connectivity index (χ0) is 20.7. The topological polar surface area (TPSA) is 67.4 Å². The Kier molecular flexibility index (Phi) is 7.67. The summed E-state index contributed by atoms with van der Waals surface area (Å²) in [6.45, 7) is 8.43. The van der Waals surface area contributed by atoms with E-state index in [-0.39, 0.29) is 23.3 Å². The van der Waals surface area contributed by atoms with E-state index in [1.807, 2.05) is 24.3 Å². The van der Waals surface area contributed by atoms with Gasteiger partial charge in [0, 0.05) is 12.1 Å². The van der Waals surface area contributed by atoms with Gasteiger partial charge in [-0.25, -0.2) is 0 Å². The Morgan fingerprint density at radius 2 is 1.79 bits per heavy atom. The number of hydrogen-bond donors (Lipinski definition) is 2. The molecule has 154 valence electrons. The first-order valence-electron chi connectivity index (χ1n) is 10.1. The van der Waals surface area contributed by atoms with Crippen molar-refractivity contribution in [3.8, 4) is 5.75 Å². The second-order valence-electron chi connectivity index (χ2n) is 8.71. The molecule has 0 aliphatic heterocycles. The zero-order valence-electron chi connectivity index (χ0n) is 17.7. The molecule has 0 heterocycles. The van der Waals surface area contributed by atoms with Crippen molar-refractivity contribution in [2.75, 3.05) is 7.11 Å². The van der Waals surface area contributed by atoms with E-state index in [2.05, 4.69) is 31.4 Å². The van der Waals surface area contributed by atoms with E-state index in [0.717, 1.165) is 30.6 Å². The predicted molar refractivity (Wildman–Crippen MR) is 113 cm³/mol. The van der Waals surface area contributed by atoms with Crippen molar-refractivity contribution in [2.24, 2.45) is 11.3 Å². The number of amides is 2. The van der Waals surface area contributed by atoms with Gasteiger partial charge in [-0.05, 0) is 54.9 Å². The Labute approximate surface area is 168 Å². The summed E-state index contributed by atoms with van der Waals surface area (Å²) in [5, 5.41) is 5.93. The fourth-order valence-electron chi connectivity index (χ4n) is 3.86. The number of benzene rings is 1.